The highest BCUT2D eigenvalue weighted by atomic mass is 15.1. The predicted molar refractivity (Wildman–Crippen MR) is 60.5 cm³/mol. The third-order valence-corrected chi connectivity index (χ3v) is 3.72. The van der Waals surface area contributed by atoms with Crippen LogP contribution >= 0.6 is 0 Å². The smallest absolute Gasteiger partial charge is 0.0107 e. The number of likely N-dealkylation sites (N-methyl/N-ethyl adjacent to an activating group) is 1. The summed E-state index contributed by atoms with van der Waals surface area (Å²) < 4.78 is 0. The maximum Gasteiger partial charge on any atom is 0.0107 e. The molecule has 0 heterocycles. The minimum Gasteiger partial charge on any atom is -0.315 e. The molecule has 2 fully saturated rings. The van der Waals surface area contributed by atoms with E-state index in [9.17, 15) is 0 Å². The van der Waals surface area contributed by atoms with Crippen LogP contribution in [0.15, 0.2) is 0 Å². The van der Waals surface area contributed by atoms with Crippen molar-refractivity contribution < 1.29 is 0 Å². The van der Waals surface area contributed by atoms with Crippen molar-refractivity contribution in [1.82, 2.24) is 10.2 Å². The van der Waals surface area contributed by atoms with Gasteiger partial charge in [-0.05, 0) is 45.2 Å². The maximum atomic E-state index is 3.56. The SMILES string of the molecule is CN(CCNCC1CC1)C1CCCC1. The second-order valence-electron chi connectivity index (χ2n) is 5.07. The van der Waals surface area contributed by atoms with Gasteiger partial charge < -0.3 is 10.2 Å². The molecular weight excluding hydrogens is 172 g/mol. The standard InChI is InChI=1S/C12H24N2/c1-14(12-4-2-3-5-12)9-8-13-10-11-6-7-11/h11-13H,2-10H2,1H3. The zero-order chi connectivity index (χ0) is 9.80. The van der Waals surface area contributed by atoms with E-state index in [4.69, 9.17) is 0 Å². The molecule has 2 nitrogen and oxygen atoms in total. The van der Waals surface area contributed by atoms with Gasteiger partial charge in [0.05, 0.1) is 0 Å². The fourth-order valence-electron chi connectivity index (χ4n) is 2.41. The first-order chi connectivity index (χ1) is 6.86. The minimum atomic E-state index is 0.887. The highest BCUT2D eigenvalue weighted by Crippen LogP contribution is 2.27. The van der Waals surface area contributed by atoms with Crippen LogP contribution in [0, 0.1) is 5.92 Å². The van der Waals surface area contributed by atoms with Crippen LogP contribution in [0.5, 0.6) is 0 Å². The van der Waals surface area contributed by atoms with Gasteiger partial charge in [0, 0.05) is 19.1 Å². The molecule has 0 saturated heterocycles. The third-order valence-electron chi connectivity index (χ3n) is 3.72. The lowest BCUT2D eigenvalue weighted by Crippen LogP contribution is -2.35. The van der Waals surface area contributed by atoms with Gasteiger partial charge in [-0.25, -0.2) is 0 Å². The molecule has 0 spiro atoms. The van der Waals surface area contributed by atoms with Crippen LogP contribution in [0.25, 0.3) is 0 Å². The molecule has 0 aromatic rings. The Kier molecular flexibility index (Phi) is 3.82. The zero-order valence-electron chi connectivity index (χ0n) is 9.47. The quantitative estimate of drug-likeness (QED) is 0.652. The van der Waals surface area contributed by atoms with Gasteiger partial charge in [-0.15, -0.1) is 0 Å². The van der Waals surface area contributed by atoms with Crippen molar-refractivity contribution in [2.24, 2.45) is 5.92 Å². The van der Waals surface area contributed by atoms with E-state index < -0.39 is 0 Å². The first-order valence-corrected chi connectivity index (χ1v) is 6.27. The molecule has 0 aliphatic heterocycles. The summed E-state index contributed by atoms with van der Waals surface area (Å²) in [7, 11) is 2.29. The molecule has 14 heavy (non-hydrogen) atoms. The van der Waals surface area contributed by atoms with Crippen molar-refractivity contribution in [1.29, 1.82) is 0 Å². The zero-order valence-corrected chi connectivity index (χ0v) is 9.47. The molecule has 0 atom stereocenters. The highest BCUT2D eigenvalue weighted by Gasteiger charge is 2.21. The van der Waals surface area contributed by atoms with E-state index in [0.29, 0.717) is 0 Å². The number of rotatable bonds is 6. The van der Waals surface area contributed by atoms with Crippen LogP contribution in [-0.2, 0) is 0 Å². The molecule has 2 rings (SSSR count). The largest absolute Gasteiger partial charge is 0.315 e. The third kappa shape index (κ3) is 3.25. The van der Waals surface area contributed by atoms with Gasteiger partial charge >= 0.3 is 0 Å². The summed E-state index contributed by atoms with van der Waals surface area (Å²) in [6.45, 7) is 3.68. The summed E-state index contributed by atoms with van der Waals surface area (Å²) in [4.78, 5) is 2.55. The Balaban J connectivity index is 1.50. The fourth-order valence-corrected chi connectivity index (χ4v) is 2.41. The van der Waals surface area contributed by atoms with Crippen LogP contribution in [-0.4, -0.2) is 37.6 Å². The summed E-state index contributed by atoms with van der Waals surface area (Å²) in [5, 5.41) is 3.56. The van der Waals surface area contributed by atoms with E-state index in [0.717, 1.165) is 12.0 Å². The van der Waals surface area contributed by atoms with Crippen LogP contribution in [0.2, 0.25) is 0 Å². The molecule has 0 unspecified atom stereocenters. The van der Waals surface area contributed by atoms with Crippen molar-refractivity contribution in [2.45, 2.75) is 44.6 Å². The van der Waals surface area contributed by atoms with Crippen LogP contribution in [0.4, 0.5) is 0 Å². The maximum absolute atomic E-state index is 3.56. The van der Waals surface area contributed by atoms with Gasteiger partial charge in [0.15, 0.2) is 0 Å². The van der Waals surface area contributed by atoms with Gasteiger partial charge in [-0.1, -0.05) is 12.8 Å². The van der Waals surface area contributed by atoms with E-state index in [1.807, 2.05) is 0 Å². The Morgan fingerprint density at radius 1 is 1.14 bits per heavy atom. The van der Waals surface area contributed by atoms with Crippen LogP contribution in [0.3, 0.4) is 0 Å². The number of nitrogens with zero attached hydrogens (tertiary/aromatic N) is 1. The average Bonchev–Trinajstić information content (AvgIpc) is 2.84. The summed E-state index contributed by atoms with van der Waals surface area (Å²) in [5.41, 5.74) is 0. The van der Waals surface area contributed by atoms with Gasteiger partial charge in [0.25, 0.3) is 0 Å². The van der Waals surface area contributed by atoms with E-state index in [-0.39, 0.29) is 0 Å². The number of hydrogen-bond donors (Lipinski definition) is 1. The van der Waals surface area contributed by atoms with Gasteiger partial charge in [-0.3, -0.25) is 0 Å². The molecule has 2 aliphatic carbocycles. The summed E-state index contributed by atoms with van der Waals surface area (Å²) in [6.07, 6.45) is 8.68. The number of nitrogens with one attached hydrogen (secondary N) is 1. The summed E-state index contributed by atoms with van der Waals surface area (Å²) >= 11 is 0. The van der Waals surface area contributed by atoms with Crippen molar-refractivity contribution in [2.75, 3.05) is 26.7 Å². The second kappa shape index (κ2) is 5.13. The molecule has 0 bridgehead atoms. The Labute approximate surface area is 88.1 Å². The molecule has 2 aliphatic rings. The monoisotopic (exact) mass is 196 g/mol. The lowest BCUT2D eigenvalue weighted by Gasteiger charge is -2.23. The first kappa shape index (κ1) is 10.4. The van der Waals surface area contributed by atoms with Gasteiger partial charge in [-0.2, -0.15) is 0 Å². The van der Waals surface area contributed by atoms with E-state index >= 15 is 0 Å². The van der Waals surface area contributed by atoms with Gasteiger partial charge in [0.2, 0.25) is 0 Å². The second-order valence-corrected chi connectivity index (χ2v) is 5.07. The average molecular weight is 196 g/mol. The summed E-state index contributed by atoms with van der Waals surface area (Å²) in [5.74, 6) is 1.02. The topological polar surface area (TPSA) is 15.3 Å². The van der Waals surface area contributed by atoms with Crippen molar-refractivity contribution >= 4 is 0 Å². The Morgan fingerprint density at radius 3 is 2.50 bits per heavy atom. The van der Waals surface area contributed by atoms with E-state index in [2.05, 4.69) is 17.3 Å². The molecule has 82 valence electrons. The Bertz CT molecular complexity index is 160. The lowest BCUT2D eigenvalue weighted by atomic mass is 10.2. The van der Waals surface area contributed by atoms with Crippen LogP contribution in [0.1, 0.15) is 38.5 Å². The minimum absolute atomic E-state index is 0.887. The molecule has 0 aromatic carbocycles. The molecule has 2 heteroatoms. The Hall–Kier alpha value is -0.0800. The predicted octanol–water partition coefficient (Wildman–Crippen LogP) is 1.86. The summed E-state index contributed by atoms with van der Waals surface area (Å²) in [6, 6.07) is 0.887. The molecule has 0 amide bonds. The highest BCUT2D eigenvalue weighted by molar-refractivity contribution is 4.77. The molecular formula is C12H24N2. The first-order valence-electron chi connectivity index (χ1n) is 6.27. The Morgan fingerprint density at radius 2 is 1.86 bits per heavy atom. The van der Waals surface area contributed by atoms with Gasteiger partial charge in [0.1, 0.15) is 0 Å². The molecule has 0 aromatic heterocycles. The number of hydrogen-bond acceptors (Lipinski definition) is 2. The molecule has 2 saturated carbocycles. The lowest BCUT2D eigenvalue weighted by molar-refractivity contribution is 0.245. The molecule has 0 radical (unpaired) electrons. The van der Waals surface area contributed by atoms with E-state index in [1.165, 1.54) is 58.2 Å². The van der Waals surface area contributed by atoms with Crippen molar-refractivity contribution in [3.63, 3.8) is 0 Å². The van der Waals surface area contributed by atoms with Crippen LogP contribution < -0.4 is 5.32 Å². The fraction of sp³-hybridized carbons (Fsp3) is 1.00. The van der Waals surface area contributed by atoms with Crippen molar-refractivity contribution in [3.05, 3.63) is 0 Å². The normalized spacial score (nSPS) is 23.6. The van der Waals surface area contributed by atoms with Crippen molar-refractivity contribution in [3.8, 4) is 0 Å². The van der Waals surface area contributed by atoms with E-state index in [1.54, 1.807) is 0 Å². The molecule has 1 N–H and O–H groups in total.